The molecule has 28 heavy (non-hydrogen) atoms. The minimum Gasteiger partial charge on any atom is -0.439 e. The SMILES string of the molecule is Cc1ccc(C(N)=O)c(C)c1.O=S(=O)(O)c1ccc(Oc2ccccc2)nc1. The van der Waals surface area contributed by atoms with Gasteiger partial charge in [0.25, 0.3) is 10.1 Å². The predicted molar refractivity (Wildman–Crippen MR) is 105 cm³/mol. The highest BCUT2D eigenvalue weighted by atomic mass is 32.2. The van der Waals surface area contributed by atoms with E-state index < -0.39 is 10.1 Å². The van der Waals surface area contributed by atoms with E-state index in [0.29, 0.717) is 11.3 Å². The number of hydrogen-bond acceptors (Lipinski definition) is 5. The van der Waals surface area contributed by atoms with Crippen molar-refractivity contribution < 1.29 is 22.5 Å². The van der Waals surface area contributed by atoms with Crippen LogP contribution in [0.15, 0.2) is 71.8 Å². The fraction of sp³-hybridized carbons (Fsp3) is 0.100. The standard InChI is InChI=1S/C11H9NO4S.C9H11NO/c13-17(14,15)10-6-7-11(12-8-10)16-9-4-2-1-3-5-9;1-6-3-4-8(9(10)11)7(2)5-6/h1-8H,(H,13,14,15);3-5H,1-2H3,(H2,10,11). The Bertz CT molecular complexity index is 1050. The number of carbonyl (C=O) groups excluding carboxylic acids is 1. The van der Waals surface area contributed by atoms with Crippen LogP contribution in [-0.2, 0) is 10.1 Å². The van der Waals surface area contributed by atoms with Gasteiger partial charge in [0.2, 0.25) is 11.8 Å². The van der Waals surface area contributed by atoms with E-state index in [0.717, 1.165) is 17.3 Å². The number of ether oxygens (including phenoxy) is 1. The molecule has 0 saturated carbocycles. The van der Waals surface area contributed by atoms with Crippen molar-refractivity contribution in [2.45, 2.75) is 18.7 Å². The molecular weight excluding hydrogens is 380 g/mol. The van der Waals surface area contributed by atoms with Crippen LogP contribution in [0.4, 0.5) is 0 Å². The van der Waals surface area contributed by atoms with Gasteiger partial charge in [-0.15, -0.1) is 0 Å². The number of aromatic nitrogens is 1. The molecule has 3 aromatic rings. The van der Waals surface area contributed by atoms with Crippen molar-refractivity contribution in [2.24, 2.45) is 5.73 Å². The lowest BCUT2D eigenvalue weighted by molar-refractivity contribution is 0.0999. The number of para-hydroxylation sites is 1. The first-order valence-electron chi connectivity index (χ1n) is 8.20. The second-order valence-corrected chi connectivity index (χ2v) is 7.33. The van der Waals surface area contributed by atoms with Crippen molar-refractivity contribution in [1.82, 2.24) is 4.98 Å². The Morgan fingerprint density at radius 3 is 2.21 bits per heavy atom. The lowest BCUT2D eigenvalue weighted by Crippen LogP contribution is -2.12. The van der Waals surface area contributed by atoms with Gasteiger partial charge in [-0.05, 0) is 43.7 Å². The molecule has 0 spiro atoms. The van der Waals surface area contributed by atoms with Crippen molar-refractivity contribution in [3.63, 3.8) is 0 Å². The molecule has 1 heterocycles. The van der Waals surface area contributed by atoms with Gasteiger partial charge in [-0.25, -0.2) is 4.98 Å². The molecule has 1 aromatic heterocycles. The maximum absolute atomic E-state index is 10.8. The minimum absolute atomic E-state index is 0.253. The summed E-state index contributed by atoms with van der Waals surface area (Å²) in [5.74, 6) is 0.491. The number of benzene rings is 2. The number of aryl methyl sites for hydroxylation is 2. The zero-order valence-electron chi connectivity index (χ0n) is 15.4. The van der Waals surface area contributed by atoms with Gasteiger partial charge in [0, 0.05) is 11.6 Å². The Morgan fingerprint density at radius 1 is 1.04 bits per heavy atom. The van der Waals surface area contributed by atoms with Crippen LogP contribution in [0, 0.1) is 13.8 Å². The summed E-state index contributed by atoms with van der Waals surface area (Å²) >= 11 is 0. The van der Waals surface area contributed by atoms with Gasteiger partial charge in [-0.1, -0.05) is 35.9 Å². The largest absolute Gasteiger partial charge is 0.439 e. The highest BCUT2D eigenvalue weighted by Gasteiger charge is 2.09. The van der Waals surface area contributed by atoms with E-state index in [1.54, 1.807) is 18.2 Å². The number of rotatable bonds is 4. The fourth-order valence-electron chi connectivity index (χ4n) is 2.28. The summed E-state index contributed by atoms with van der Waals surface area (Å²) in [5, 5.41) is 0. The maximum atomic E-state index is 10.8. The second-order valence-electron chi connectivity index (χ2n) is 5.90. The Kier molecular flexibility index (Phi) is 6.86. The summed E-state index contributed by atoms with van der Waals surface area (Å²) in [7, 11) is -4.21. The van der Waals surface area contributed by atoms with E-state index in [1.165, 1.54) is 12.1 Å². The minimum atomic E-state index is -4.21. The quantitative estimate of drug-likeness (QED) is 0.647. The smallest absolute Gasteiger partial charge is 0.296 e. The summed E-state index contributed by atoms with van der Waals surface area (Å²) in [6, 6.07) is 17.1. The lowest BCUT2D eigenvalue weighted by atomic mass is 10.1. The van der Waals surface area contributed by atoms with Crippen molar-refractivity contribution in [3.8, 4) is 11.6 Å². The zero-order valence-corrected chi connectivity index (χ0v) is 16.2. The van der Waals surface area contributed by atoms with Crippen LogP contribution < -0.4 is 10.5 Å². The first-order valence-corrected chi connectivity index (χ1v) is 9.64. The number of hydrogen-bond donors (Lipinski definition) is 2. The molecule has 0 saturated heterocycles. The summed E-state index contributed by atoms with van der Waals surface area (Å²) in [6.07, 6.45) is 1.04. The van der Waals surface area contributed by atoms with E-state index in [2.05, 4.69) is 4.98 Å². The Balaban J connectivity index is 0.000000221. The normalized spacial score (nSPS) is 10.5. The van der Waals surface area contributed by atoms with Crippen LogP contribution in [0.1, 0.15) is 21.5 Å². The van der Waals surface area contributed by atoms with Gasteiger partial charge in [0.05, 0.1) is 6.20 Å². The Hall–Kier alpha value is -3.23. The van der Waals surface area contributed by atoms with Gasteiger partial charge in [-0.2, -0.15) is 8.42 Å². The zero-order chi connectivity index (χ0) is 20.7. The molecule has 8 heteroatoms. The van der Waals surface area contributed by atoms with Gasteiger partial charge in [-0.3, -0.25) is 9.35 Å². The molecule has 3 N–H and O–H groups in total. The average Bonchev–Trinajstić information content (AvgIpc) is 2.62. The molecule has 0 bridgehead atoms. The highest BCUT2D eigenvalue weighted by Crippen LogP contribution is 2.19. The summed E-state index contributed by atoms with van der Waals surface area (Å²) in [4.78, 5) is 14.3. The van der Waals surface area contributed by atoms with Gasteiger partial charge in [0.1, 0.15) is 10.6 Å². The molecule has 2 aromatic carbocycles. The molecule has 0 aliphatic carbocycles. The Labute approximate surface area is 163 Å². The maximum Gasteiger partial charge on any atom is 0.296 e. The van der Waals surface area contributed by atoms with Crippen molar-refractivity contribution in [1.29, 1.82) is 0 Å². The number of carbonyl (C=O) groups is 1. The summed E-state index contributed by atoms with van der Waals surface area (Å²) < 4.78 is 35.7. The summed E-state index contributed by atoms with van der Waals surface area (Å²) in [5.41, 5.74) is 7.82. The van der Waals surface area contributed by atoms with E-state index in [1.807, 2.05) is 44.2 Å². The fourth-order valence-corrected chi connectivity index (χ4v) is 2.70. The first-order chi connectivity index (χ1) is 13.2. The average molecular weight is 400 g/mol. The Morgan fingerprint density at radius 2 is 1.71 bits per heavy atom. The molecule has 0 fully saturated rings. The molecule has 0 atom stereocenters. The monoisotopic (exact) mass is 400 g/mol. The van der Waals surface area contributed by atoms with E-state index in [4.69, 9.17) is 15.0 Å². The first kappa shape index (κ1) is 21.1. The van der Waals surface area contributed by atoms with Crippen LogP contribution in [0.5, 0.6) is 11.6 Å². The molecule has 0 aliphatic heterocycles. The van der Waals surface area contributed by atoms with Crippen LogP contribution in [0.25, 0.3) is 0 Å². The molecule has 0 unspecified atom stereocenters. The molecule has 0 aliphatic rings. The molecule has 1 amide bonds. The third-order valence-corrected chi connectivity index (χ3v) is 4.46. The second kappa shape index (κ2) is 9.12. The number of nitrogens with zero attached hydrogens (tertiary/aromatic N) is 1. The highest BCUT2D eigenvalue weighted by molar-refractivity contribution is 7.85. The molecule has 0 radical (unpaired) electrons. The summed E-state index contributed by atoms with van der Waals surface area (Å²) in [6.45, 7) is 3.87. The molecule has 7 nitrogen and oxygen atoms in total. The van der Waals surface area contributed by atoms with Crippen molar-refractivity contribution in [2.75, 3.05) is 0 Å². The van der Waals surface area contributed by atoms with Crippen molar-refractivity contribution in [3.05, 3.63) is 83.6 Å². The number of amides is 1. The van der Waals surface area contributed by atoms with E-state index in [-0.39, 0.29) is 16.7 Å². The molecular formula is C20H20N2O5S. The van der Waals surface area contributed by atoms with Crippen LogP contribution in [-0.4, -0.2) is 23.9 Å². The molecule has 146 valence electrons. The molecule has 3 rings (SSSR count). The lowest BCUT2D eigenvalue weighted by Gasteiger charge is -2.04. The van der Waals surface area contributed by atoms with Gasteiger partial charge < -0.3 is 10.5 Å². The number of primary amides is 1. The van der Waals surface area contributed by atoms with Crippen molar-refractivity contribution >= 4 is 16.0 Å². The third kappa shape index (κ3) is 6.19. The number of nitrogens with two attached hydrogens (primary N) is 1. The van der Waals surface area contributed by atoms with E-state index >= 15 is 0 Å². The van der Waals surface area contributed by atoms with Gasteiger partial charge >= 0.3 is 0 Å². The predicted octanol–water partition coefficient (Wildman–Crippen LogP) is 3.52. The third-order valence-electron chi connectivity index (χ3n) is 3.62. The van der Waals surface area contributed by atoms with Crippen LogP contribution in [0.3, 0.4) is 0 Å². The van der Waals surface area contributed by atoms with Gasteiger partial charge in [0.15, 0.2) is 0 Å². The van der Waals surface area contributed by atoms with Crippen LogP contribution >= 0.6 is 0 Å². The topological polar surface area (TPSA) is 120 Å². The van der Waals surface area contributed by atoms with E-state index in [9.17, 15) is 13.2 Å². The number of pyridine rings is 1. The van der Waals surface area contributed by atoms with Crippen LogP contribution in [0.2, 0.25) is 0 Å².